The highest BCUT2D eigenvalue weighted by Gasteiger charge is 2.24. The molecular weight excluding hydrogens is 308 g/mol. The van der Waals surface area contributed by atoms with Gasteiger partial charge in [-0.05, 0) is 31.0 Å². The molecule has 1 unspecified atom stereocenters. The maximum atomic E-state index is 12.6. The maximum absolute atomic E-state index is 12.6. The molecule has 1 atom stereocenters. The molecule has 0 saturated carbocycles. The lowest BCUT2D eigenvalue weighted by Crippen LogP contribution is -2.37. The second-order valence-corrected chi connectivity index (χ2v) is 5.89. The third-order valence-electron chi connectivity index (χ3n) is 3.32. The van der Waals surface area contributed by atoms with Gasteiger partial charge in [0.1, 0.15) is 6.04 Å². The number of aryl methyl sites for hydroxylation is 2. The summed E-state index contributed by atoms with van der Waals surface area (Å²) < 4.78 is 1.70. The highest BCUT2D eigenvalue weighted by Crippen LogP contribution is 2.20. The van der Waals surface area contributed by atoms with Crippen molar-refractivity contribution in [2.75, 3.05) is 14.1 Å². The predicted molar refractivity (Wildman–Crippen MR) is 87.8 cm³/mol. The van der Waals surface area contributed by atoms with E-state index in [4.69, 9.17) is 0 Å². The first-order valence-electron chi connectivity index (χ1n) is 6.46. The molecule has 21 heavy (non-hydrogen) atoms. The first-order valence-corrected chi connectivity index (χ1v) is 7.34. The Morgan fingerprint density at radius 2 is 2.29 bits per heavy atom. The number of rotatable bonds is 5. The molecule has 0 aliphatic rings. The predicted octanol–water partition coefficient (Wildman–Crippen LogP) is 2.13. The summed E-state index contributed by atoms with van der Waals surface area (Å²) in [7, 11) is 5.47. The fourth-order valence-electron chi connectivity index (χ4n) is 2.10. The van der Waals surface area contributed by atoms with E-state index in [-0.39, 0.29) is 24.4 Å². The summed E-state index contributed by atoms with van der Waals surface area (Å²) in [6.07, 6.45) is 3.59. The van der Waals surface area contributed by atoms with Gasteiger partial charge < -0.3 is 10.2 Å². The SMILES string of the molecule is CNC(C(=O)N(C)Cc1sccc1C)c1cnn(C)c1.Cl. The van der Waals surface area contributed by atoms with Crippen molar-refractivity contribution in [1.29, 1.82) is 0 Å². The normalized spacial score (nSPS) is 11.8. The molecule has 2 aromatic rings. The van der Waals surface area contributed by atoms with E-state index in [9.17, 15) is 4.79 Å². The Kier molecular flexibility index (Phi) is 6.39. The molecule has 2 rings (SSSR count). The van der Waals surface area contributed by atoms with Gasteiger partial charge in [0.25, 0.3) is 0 Å². The first-order chi connectivity index (χ1) is 9.52. The number of thiophene rings is 1. The van der Waals surface area contributed by atoms with Crippen molar-refractivity contribution >= 4 is 29.7 Å². The fourth-order valence-corrected chi connectivity index (χ4v) is 3.06. The number of halogens is 1. The van der Waals surface area contributed by atoms with Gasteiger partial charge in [-0.3, -0.25) is 9.48 Å². The topological polar surface area (TPSA) is 50.2 Å². The minimum absolute atomic E-state index is 0. The average Bonchev–Trinajstić information content (AvgIpc) is 3.00. The lowest BCUT2D eigenvalue weighted by atomic mass is 10.1. The number of hydrogen-bond acceptors (Lipinski definition) is 4. The van der Waals surface area contributed by atoms with Crippen LogP contribution in [0.4, 0.5) is 0 Å². The lowest BCUT2D eigenvalue weighted by molar-refractivity contribution is -0.132. The summed E-state index contributed by atoms with van der Waals surface area (Å²) in [5.74, 6) is 0.0494. The Morgan fingerprint density at radius 3 is 2.76 bits per heavy atom. The molecule has 0 fully saturated rings. The Balaban J connectivity index is 0.00000220. The highest BCUT2D eigenvalue weighted by atomic mass is 35.5. The molecule has 7 heteroatoms. The van der Waals surface area contributed by atoms with Gasteiger partial charge in [-0.1, -0.05) is 0 Å². The first kappa shape index (κ1) is 17.7. The van der Waals surface area contributed by atoms with Crippen molar-refractivity contribution in [3.05, 3.63) is 39.8 Å². The van der Waals surface area contributed by atoms with E-state index in [0.29, 0.717) is 6.54 Å². The minimum atomic E-state index is -0.353. The number of carbonyl (C=O) groups excluding carboxylic acids is 1. The Labute approximate surface area is 135 Å². The molecule has 116 valence electrons. The molecule has 5 nitrogen and oxygen atoms in total. The van der Waals surface area contributed by atoms with Gasteiger partial charge in [-0.25, -0.2) is 0 Å². The standard InChI is InChI=1S/C14H20N4OS.ClH/c1-10-5-6-20-12(10)9-17(3)14(19)13(15-2)11-7-16-18(4)8-11;/h5-8,13,15H,9H2,1-4H3;1H. The number of likely N-dealkylation sites (N-methyl/N-ethyl adjacent to an activating group) is 2. The Bertz CT molecular complexity index is 595. The van der Waals surface area contributed by atoms with Crippen molar-refractivity contribution in [1.82, 2.24) is 20.0 Å². The molecular formula is C14H21ClN4OS. The molecule has 0 bridgehead atoms. The zero-order chi connectivity index (χ0) is 14.7. The zero-order valence-electron chi connectivity index (χ0n) is 12.7. The third kappa shape index (κ3) is 4.06. The Morgan fingerprint density at radius 1 is 1.57 bits per heavy atom. The number of aromatic nitrogens is 2. The molecule has 0 aliphatic carbocycles. The van der Waals surface area contributed by atoms with Crippen molar-refractivity contribution in [3.63, 3.8) is 0 Å². The van der Waals surface area contributed by atoms with Crippen LogP contribution in [0, 0.1) is 6.92 Å². The fraction of sp³-hybridized carbons (Fsp3) is 0.429. The maximum Gasteiger partial charge on any atom is 0.244 e. The van der Waals surface area contributed by atoms with Gasteiger partial charge in [-0.2, -0.15) is 5.10 Å². The summed E-state index contributed by atoms with van der Waals surface area (Å²) in [6, 6.07) is 1.73. The van der Waals surface area contributed by atoms with Crippen LogP contribution in [-0.2, 0) is 18.4 Å². The van der Waals surface area contributed by atoms with E-state index in [1.54, 1.807) is 34.2 Å². The van der Waals surface area contributed by atoms with Crippen LogP contribution >= 0.6 is 23.7 Å². The van der Waals surface area contributed by atoms with E-state index in [2.05, 4.69) is 28.8 Å². The monoisotopic (exact) mass is 328 g/mol. The molecule has 0 saturated heterocycles. The van der Waals surface area contributed by atoms with Crippen molar-refractivity contribution in [2.45, 2.75) is 19.5 Å². The van der Waals surface area contributed by atoms with Crippen LogP contribution in [0.2, 0.25) is 0 Å². The van der Waals surface area contributed by atoms with Gasteiger partial charge in [-0.15, -0.1) is 23.7 Å². The Hall–Kier alpha value is -1.37. The van der Waals surface area contributed by atoms with Crippen molar-refractivity contribution in [2.24, 2.45) is 7.05 Å². The average molecular weight is 329 g/mol. The molecule has 0 aromatic carbocycles. The number of amides is 1. The molecule has 1 amide bonds. The van der Waals surface area contributed by atoms with Crippen LogP contribution in [0.5, 0.6) is 0 Å². The van der Waals surface area contributed by atoms with E-state index in [0.717, 1.165) is 5.56 Å². The zero-order valence-corrected chi connectivity index (χ0v) is 14.3. The van der Waals surface area contributed by atoms with Gasteiger partial charge in [0.15, 0.2) is 0 Å². The quantitative estimate of drug-likeness (QED) is 0.914. The van der Waals surface area contributed by atoms with Crippen LogP contribution in [-0.4, -0.2) is 34.7 Å². The number of carbonyl (C=O) groups is 1. The summed E-state index contributed by atoms with van der Waals surface area (Å²) in [6.45, 7) is 2.71. The highest BCUT2D eigenvalue weighted by molar-refractivity contribution is 7.10. The lowest BCUT2D eigenvalue weighted by Gasteiger charge is -2.22. The molecule has 0 radical (unpaired) electrons. The van der Waals surface area contributed by atoms with Crippen LogP contribution in [0.3, 0.4) is 0 Å². The van der Waals surface area contributed by atoms with Gasteiger partial charge >= 0.3 is 0 Å². The minimum Gasteiger partial charge on any atom is -0.339 e. The van der Waals surface area contributed by atoms with E-state index in [1.165, 1.54) is 10.4 Å². The van der Waals surface area contributed by atoms with Crippen LogP contribution in [0.15, 0.2) is 23.8 Å². The molecule has 0 aliphatic heterocycles. The van der Waals surface area contributed by atoms with E-state index < -0.39 is 0 Å². The van der Waals surface area contributed by atoms with Crippen LogP contribution in [0.1, 0.15) is 22.0 Å². The van der Waals surface area contributed by atoms with Gasteiger partial charge in [0.2, 0.25) is 5.91 Å². The largest absolute Gasteiger partial charge is 0.339 e. The van der Waals surface area contributed by atoms with Crippen LogP contribution in [0.25, 0.3) is 0 Å². The van der Waals surface area contributed by atoms with Gasteiger partial charge in [0.05, 0.1) is 12.7 Å². The summed E-state index contributed by atoms with van der Waals surface area (Å²) >= 11 is 1.68. The van der Waals surface area contributed by atoms with Crippen molar-refractivity contribution in [3.8, 4) is 0 Å². The number of nitrogens with zero attached hydrogens (tertiary/aromatic N) is 3. The molecule has 2 aromatic heterocycles. The van der Waals surface area contributed by atoms with E-state index in [1.807, 2.05) is 20.3 Å². The van der Waals surface area contributed by atoms with Gasteiger partial charge in [0, 0.05) is 30.7 Å². The third-order valence-corrected chi connectivity index (χ3v) is 4.33. The summed E-state index contributed by atoms with van der Waals surface area (Å²) in [4.78, 5) is 15.5. The second kappa shape index (κ2) is 7.59. The number of hydrogen-bond donors (Lipinski definition) is 1. The van der Waals surface area contributed by atoms with E-state index >= 15 is 0 Å². The molecule has 2 heterocycles. The van der Waals surface area contributed by atoms with Crippen LogP contribution < -0.4 is 5.32 Å². The number of nitrogens with one attached hydrogen (secondary N) is 1. The smallest absolute Gasteiger partial charge is 0.244 e. The summed E-state index contributed by atoms with van der Waals surface area (Å²) in [5, 5.41) is 9.25. The second-order valence-electron chi connectivity index (χ2n) is 4.89. The summed E-state index contributed by atoms with van der Waals surface area (Å²) in [5.41, 5.74) is 2.12. The molecule has 1 N–H and O–H groups in total. The van der Waals surface area contributed by atoms with Crippen molar-refractivity contribution < 1.29 is 4.79 Å². The molecule has 0 spiro atoms.